The topological polar surface area (TPSA) is 54.9 Å². The van der Waals surface area contributed by atoms with Gasteiger partial charge in [0.2, 0.25) is 0 Å². The van der Waals surface area contributed by atoms with E-state index in [0.717, 1.165) is 70.2 Å². The van der Waals surface area contributed by atoms with E-state index in [1.807, 2.05) is 11.0 Å². The first-order chi connectivity index (χ1) is 20.2. The summed E-state index contributed by atoms with van der Waals surface area (Å²) < 4.78 is 11.8. The summed E-state index contributed by atoms with van der Waals surface area (Å²) in [6.45, 7) is 12.8. The van der Waals surface area contributed by atoms with E-state index in [2.05, 4.69) is 100 Å². The summed E-state index contributed by atoms with van der Waals surface area (Å²) in [5.74, 6) is 1.71. The van der Waals surface area contributed by atoms with Crippen LogP contribution < -0.4 is 9.64 Å². The van der Waals surface area contributed by atoms with Crippen molar-refractivity contribution >= 4 is 11.9 Å². The van der Waals surface area contributed by atoms with E-state index in [-0.39, 0.29) is 18.2 Å². The van der Waals surface area contributed by atoms with Gasteiger partial charge >= 0.3 is 6.09 Å². The number of aryl methyl sites for hydroxylation is 4. The third kappa shape index (κ3) is 5.22. The van der Waals surface area contributed by atoms with Crippen LogP contribution in [0.1, 0.15) is 53.0 Å². The van der Waals surface area contributed by atoms with Gasteiger partial charge < -0.3 is 14.4 Å². The van der Waals surface area contributed by atoms with Crippen LogP contribution in [0.25, 0.3) is 22.3 Å². The van der Waals surface area contributed by atoms with Gasteiger partial charge in [0.25, 0.3) is 0 Å². The molecule has 0 spiro atoms. The summed E-state index contributed by atoms with van der Waals surface area (Å²) in [6.07, 6.45) is 0.516. The number of anilines is 1. The minimum absolute atomic E-state index is 0.149. The van der Waals surface area contributed by atoms with Crippen LogP contribution in [-0.4, -0.2) is 42.2 Å². The zero-order valence-corrected chi connectivity index (χ0v) is 25.4. The lowest BCUT2D eigenvalue weighted by Crippen LogP contribution is -2.38. The van der Waals surface area contributed by atoms with Gasteiger partial charge in [0.1, 0.15) is 17.7 Å². The molecule has 2 saturated heterocycles. The van der Waals surface area contributed by atoms with Crippen molar-refractivity contribution in [3.63, 3.8) is 0 Å². The van der Waals surface area contributed by atoms with Crippen molar-refractivity contribution in [2.24, 2.45) is 0 Å². The number of hydrogen-bond donors (Lipinski definition) is 0. The van der Waals surface area contributed by atoms with Crippen molar-refractivity contribution in [3.8, 4) is 28.0 Å². The number of aromatic nitrogens is 1. The van der Waals surface area contributed by atoms with Gasteiger partial charge in [0, 0.05) is 24.2 Å². The normalized spacial score (nSPS) is 18.2. The number of carbonyl (C=O) groups excluding carboxylic acids is 1. The number of nitrogens with zero attached hydrogens (tertiary/aromatic N) is 3. The highest BCUT2D eigenvalue weighted by Gasteiger charge is 2.40. The summed E-state index contributed by atoms with van der Waals surface area (Å²) >= 11 is 0. The molecule has 6 heteroatoms. The monoisotopic (exact) mass is 561 g/mol. The Hall–Kier alpha value is -4.32. The number of carbonyl (C=O) groups is 1. The predicted molar refractivity (Wildman–Crippen MR) is 168 cm³/mol. The molecule has 0 radical (unpaired) electrons. The lowest BCUT2D eigenvalue weighted by molar-refractivity contribution is 0.130. The molecule has 3 aromatic carbocycles. The quantitative estimate of drug-likeness (QED) is 0.229. The zero-order chi connectivity index (χ0) is 29.5. The molecule has 0 bridgehead atoms. The fourth-order valence-corrected chi connectivity index (χ4v) is 6.30. The fourth-order valence-electron chi connectivity index (χ4n) is 6.30. The number of cyclic esters (lactones) is 1. The molecule has 0 aliphatic carbocycles. The first-order valence-electron chi connectivity index (χ1n) is 14.8. The number of amides is 1. The Balaban J connectivity index is 1.41. The third-order valence-electron chi connectivity index (χ3n) is 8.61. The van der Waals surface area contributed by atoms with Crippen molar-refractivity contribution in [3.05, 3.63) is 100 Å². The average Bonchev–Trinajstić information content (AvgIpc) is 3.20. The van der Waals surface area contributed by atoms with Crippen LogP contribution >= 0.6 is 0 Å². The number of hydrogen-bond acceptors (Lipinski definition) is 5. The highest BCUT2D eigenvalue weighted by atomic mass is 16.6. The maximum atomic E-state index is 13.3. The van der Waals surface area contributed by atoms with Gasteiger partial charge in [0.15, 0.2) is 0 Å². The van der Waals surface area contributed by atoms with Gasteiger partial charge in [-0.3, -0.25) is 4.90 Å². The largest absolute Gasteiger partial charge is 0.496 e. The molecule has 6 rings (SSSR count). The molecule has 0 N–H and O–H groups in total. The van der Waals surface area contributed by atoms with Crippen molar-refractivity contribution in [1.29, 1.82) is 0 Å². The predicted octanol–water partition coefficient (Wildman–Crippen LogP) is 7.95. The highest BCUT2D eigenvalue weighted by molar-refractivity contribution is 5.81. The Labute approximate surface area is 248 Å². The van der Waals surface area contributed by atoms with E-state index in [1.165, 1.54) is 16.7 Å². The van der Waals surface area contributed by atoms with Crippen molar-refractivity contribution in [2.45, 2.75) is 59.7 Å². The summed E-state index contributed by atoms with van der Waals surface area (Å²) in [6, 6.07) is 23.3. The smallest absolute Gasteiger partial charge is 0.411 e. The maximum absolute atomic E-state index is 13.3. The first kappa shape index (κ1) is 27.8. The van der Waals surface area contributed by atoms with Crippen LogP contribution in [0.4, 0.5) is 10.6 Å². The van der Waals surface area contributed by atoms with E-state index in [1.54, 1.807) is 7.11 Å². The molecule has 1 amide bonds. The number of methoxy groups -OCH3 is 1. The maximum Gasteiger partial charge on any atom is 0.411 e. The molecule has 3 heterocycles. The molecule has 2 fully saturated rings. The van der Waals surface area contributed by atoms with Gasteiger partial charge in [-0.25, -0.2) is 9.78 Å². The molecule has 6 nitrogen and oxygen atoms in total. The minimum atomic E-state index is -0.333. The van der Waals surface area contributed by atoms with Crippen LogP contribution in [-0.2, 0) is 11.3 Å². The molecule has 1 aromatic heterocycles. The molecule has 2 unspecified atom stereocenters. The molecule has 2 atom stereocenters. The van der Waals surface area contributed by atoms with Gasteiger partial charge in [-0.15, -0.1) is 0 Å². The van der Waals surface area contributed by atoms with Crippen molar-refractivity contribution in [1.82, 2.24) is 9.88 Å². The Morgan fingerprint density at radius 2 is 1.60 bits per heavy atom. The molecular weight excluding hydrogens is 522 g/mol. The average molecular weight is 562 g/mol. The van der Waals surface area contributed by atoms with Crippen LogP contribution in [0.15, 0.2) is 66.7 Å². The van der Waals surface area contributed by atoms with Gasteiger partial charge in [0.05, 0.1) is 25.4 Å². The van der Waals surface area contributed by atoms with E-state index in [4.69, 9.17) is 14.5 Å². The first-order valence-corrected chi connectivity index (χ1v) is 14.8. The molecule has 42 heavy (non-hydrogen) atoms. The molecule has 2 aliphatic rings. The molecular formula is C36H39N3O3. The van der Waals surface area contributed by atoms with E-state index in [0.29, 0.717) is 6.54 Å². The number of rotatable bonds is 7. The second kappa shape index (κ2) is 11.2. The summed E-state index contributed by atoms with van der Waals surface area (Å²) in [5, 5.41) is 0. The summed E-state index contributed by atoms with van der Waals surface area (Å²) in [4.78, 5) is 22.6. The molecule has 4 aromatic rings. The molecule has 0 saturated carbocycles. The van der Waals surface area contributed by atoms with Crippen LogP contribution in [0.5, 0.6) is 5.75 Å². The lowest BCUT2D eigenvalue weighted by Gasteiger charge is -2.33. The van der Waals surface area contributed by atoms with Gasteiger partial charge in [-0.1, -0.05) is 59.2 Å². The van der Waals surface area contributed by atoms with Crippen LogP contribution in [0.3, 0.4) is 0 Å². The fraction of sp³-hybridized carbons (Fsp3) is 0.333. The lowest BCUT2D eigenvalue weighted by atomic mass is 9.94. The van der Waals surface area contributed by atoms with E-state index < -0.39 is 0 Å². The zero-order valence-electron chi connectivity index (χ0n) is 25.4. The number of pyridine rings is 1. The van der Waals surface area contributed by atoms with E-state index in [9.17, 15) is 4.79 Å². The van der Waals surface area contributed by atoms with Gasteiger partial charge in [-0.2, -0.15) is 0 Å². The Morgan fingerprint density at radius 3 is 2.26 bits per heavy atom. The standard InChI is InChI=1S/C36H39N3O3/c1-22-8-10-29(25(4)17-22)27-9-12-33(41-6)31(20-27)30-11-13-34(38-14-7-15-38)37-32(30)21-39-26(5)35(42-36(39)40)28-18-23(2)16-24(3)19-28/h8-13,16-20,26,35H,7,14-15,21H2,1-6H3. The van der Waals surface area contributed by atoms with Crippen molar-refractivity contribution in [2.75, 3.05) is 25.1 Å². The van der Waals surface area contributed by atoms with Crippen molar-refractivity contribution < 1.29 is 14.3 Å². The Kier molecular flexibility index (Phi) is 7.40. The van der Waals surface area contributed by atoms with Gasteiger partial charge in [-0.05, 0) is 87.6 Å². The molecule has 216 valence electrons. The minimum Gasteiger partial charge on any atom is -0.496 e. The number of benzene rings is 3. The molecule has 2 aliphatic heterocycles. The highest BCUT2D eigenvalue weighted by Crippen LogP contribution is 2.40. The van der Waals surface area contributed by atoms with Crippen LogP contribution in [0.2, 0.25) is 0 Å². The van der Waals surface area contributed by atoms with Crippen LogP contribution in [0, 0.1) is 27.7 Å². The second-order valence-corrected chi connectivity index (χ2v) is 11.8. The Morgan fingerprint density at radius 1 is 0.857 bits per heavy atom. The third-order valence-corrected chi connectivity index (χ3v) is 8.61. The summed E-state index contributed by atoms with van der Waals surface area (Å²) in [5.41, 5.74) is 10.9. The SMILES string of the molecule is COc1ccc(-c2ccc(C)cc2C)cc1-c1ccc(N2CCC2)nc1CN1C(=O)OC(c2cc(C)cc(C)c2)C1C. The Bertz CT molecular complexity index is 1640. The summed E-state index contributed by atoms with van der Waals surface area (Å²) in [7, 11) is 1.70. The second-order valence-electron chi connectivity index (χ2n) is 11.8. The number of ether oxygens (including phenoxy) is 2. The van der Waals surface area contributed by atoms with E-state index >= 15 is 0 Å².